The molecule has 0 radical (unpaired) electrons. The highest BCUT2D eigenvalue weighted by atomic mass is 16.3. The van der Waals surface area contributed by atoms with Crippen LogP contribution in [-0.2, 0) is 6.54 Å². The summed E-state index contributed by atoms with van der Waals surface area (Å²) >= 11 is 0. The van der Waals surface area contributed by atoms with E-state index in [1.54, 1.807) is 0 Å². The second kappa shape index (κ2) is 6.21. The highest BCUT2D eigenvalue weighted by molar-refractivity contribution is 5.59. The number of para-hydroxylation sites is 1. The Balaban J connectivity index is 2.20. The second-order valence-electron chi connectivity index (χ2n) is 5.25. The summed E-state index contributed by atoms with van der Waals surface area (Å²) < 4.78 is 0. The highest BCUT2D eigenvalue weighted by Crippen LogP contribution is 2.30. The number of anilines is 1. The van der Waals surface area contributed by atoms with Gasteiger partial charge in [-0.1, -0.05) is 18.2 Å². The standard InChI is InChI=1S/C15H24N2O/c1-12-4-2-6-14(10-16)15(12)17-8-3-5-13(11-17)7-9-18/h2,4,6,13,18H,3,5,7-11,16H2,1H3. The molecule has 18 heavy (non-hydrogen) atoms. The van der Waals surface area contributed by atoms with E-state index < -0.39 is 0 Å². The summed E-state index contributed by atoms with van der Waals surface area (Å²) in [6.45, 7) is 5.22. The number of aliphatic hydroxyl groups excluding tert-OH is 1. The van der Waals surface area contributed by atoms with Gasteiger partial charge in [0.2, 0.25) is 0 Å². The number of aryl methyl sites for hydroxylation is 1. The van der Waals surface area contributed by atoms with Crippen LogP contribution in [0, 0.1) is 12.8 Å². The van der Waals surface area contributed by atoms with Crippen molar-refractivity contribution in [3.05, 3.63) is 29.3 Å². The molecule has 0 spiro atoms. The maximum Gasteiger partial charge on any atom is 0.0441 e. The highest BCUT2D eigenvalue weighted by Gasteiger charge is 2.22. The first-order valence-electron chi connectivity index (χ1n) is 6.90. The van der Waals surface area contributed by atoms with Crippen molar-refractivity contribution in [3.8, 4) is 0 Å². The molecule has 1 aliphatic rings. The summed E-state index contributed by atoms with van der Waals surface area (Å²) in [6, 6.07) is 6.36. The fraction of sp³-hybridized carbons (Fsp3) is 0.600. The monoisotopic (exact) mass is 248 g/mol. The average molecular weight is 248 g/mol. The average Bonchev–Trinajstić information content (AvgIpc) is 2.39. The zero-order valence-corrected chi connectivity index (χ0v) is 11.2. The van der Waals surface area contributed by atoms with E-state index in [2.05, 4.69) is 30.0 Å². The van der Waals surface area contributed by atoms with Crippen molar-refractivity contribution in [1.29, 1.82) is 0 Å². The molecular weight excluding hydrogens is 224 g/mol. The number of nitrogens with zero attached hydrogens (tertiary/aromatic N) is 1. The van der Waals surface area contributed by atoms with Crippen molar-refractivity contribution in [1.82, 2.24) is 0 Å². The molecular formula is C15H24N2O. The Morgan fingerprint density at radius 3 is 3.00 bits per heavy atom. The molecule has 1 heterocycles. The fourth-order valence-corrected chi connectivity index (χ4v) is 3.02. The molecule has 0 saturated carbocycles. The van der Waals surface area contributed by atoms with E-state index in [0.717, 1.165) is 19.5 Å². The van der Waals surface area contributed by atoms with Gasteiger partial charge in [0.15, 0.2) is 0 Å². The quantitative estimate of drug-likeness (QED) is 0.857. The van der Waals surface area contributed by atoms with Crippen LogP contribution in [0.25, 0.3) is 0 Å². The fourth-order valence-electron chi connectivity index (χ4n) is 3.02. The van der Waals surface area contributed by atoms with Crippen LogP contribution in [0.2, 0.25) is 0 Å². The Morgan fingerprint density at radius 2 is 2.28 bits per heavy atom. The van der Waals surface area contributed by atoms with Crippen molar-refractivity contribution in [2.24, 2.45) is 11.7 Å². The largest absolute Gasteiger partial charge is 0.396 e. The summed E-state index contributed by atoms with van der Waals surface area (Å²) in [7, 11) is 0. The molecule has 2 rings (SSSR count). The summed E-state index contributed by atoms with van der Waals surface area (Å²) in [5.74, 6) is 0.619. The summed E-state index contributed by atoms with van der Waals surface area (Å²) in [5, 5.41) is 9.09. The summed E-state index contributed by atoms with van der Waals surface area (Å²) in [6.07, 6.45) is 3.37. The van der Waals surface area contributed by atoms with Gasteiger partial charge in [0.25, 0.3) is 0 Å². The van der Waals surface area contributed by atoms with Gasteiger partial charge in [0.1, 0.15) is 0 Å². The maximum atomic E-state index is 9.09. The SMILES string of the molecule is Cc1cccc(CN)c1N1CCCC(CCO)C1. The molecule has 0 bridgehead atoms. The normalized spacial score (nSPS) is 20.2. The molecule has 1 saturated heterocycles. The zero-order chi connectivity index (χ0) is 13.0. The third-order valence-corrected chi connectivity index (χ3v) is 3.91. The van der Waals surface area contributed by atoms with Crippen LogP contribution < -0.4 is 10.6 Å². The third-order valence-electron chi connectivity index (χ3n) is 3.91. The Bertz CT molecular complexity index is 390. The van der Waals surface area contributed by atoms with Crippen molar-refractivity contribution >= 4 is 5.69 Å². The van der Waals surface area contributed by atoms with Crippen molar-refractivity contribution in [2.45, 2.75) is 32.7 Å². The molecule has 1 aliphatic heterocycles. The molecule has 1 aromatic rings. The lowest BCUT2D eigenvalue weighted by atomic mass is 9.93. The minimum absolute atomic E-state index is 0.302. The van der Waals surface area contributed by atoms with Crippen LogP contribution >= 0.6 is 0 Å². The predicted octanol–water partition coefficient (Wildman–Crippen LogP) is 2.05. The minimum atomic E-state index is 0.302. The molecule has 1 fully saturated rings. The predicted molar refractivity (Wildman–Crippen MR) is 75.7 cm³/mol. The number of hydrogen-bond acceptors (Lipinski definition) is 3. The lowest BCUT2D eigenvalue weighted by molar-refractivity contribution is 0.244. The van der Waals surface area contributed by atoms with E-state index in [1.807, 2.05) is 0 Å². The lowest BCUT2D eigenvalue weighted by Gasteiger charge is -2.36. The van der Waals surface area contributed by atoms with E-state index in [4.69, 9.17) is 10.8 Å². The molecule has 3 N–H and O–H groups in total. The Morgan fingerprint density at radius 1 is 1.44 bits per heavy atom. The molecule has 1 atom stereocenters. The van der Waals surface area contributed by atoms with Gasteiger partial charge < -0.3 is 15.7 Å². The van der Waals surface area contributed by atoms with Gasteiger partial charge >= 0.3 is 0 Å². The molecule has 3 nitrogen and oxygen atoms in total. The van der Waals surface area contributed by atoms with Gasteiger partial charge in [-0.15, -0.1) is 0 Å². The Labute approximate surface area is 110 Å². The van der Waals surface area contributed by atoms with Crippen LogP contribution in [0.5, 0.6) is 0 Å². The van der Waals surface area contributed by atoms with E-state index in [1.165, 1.54) is 29.7 Å². The van der Waals surface area contributed by atoms with Gasteiger partial charge in [-0.05, 0) is 43.2 Å². The molecule has 0 aliphatic carbocycles. The third kappa shape index (κ3) is 2.85. The minimum Gasteiger partial charge on any atom is -0.396 e. The first kappa shape index (κ1) is 13.4. The van der Waals surface area contributed by atoms with Gasteiger partial charge in [-0.2, -0.15) is 0 Å². The molecule has 1 unspecified atom stereocenters. The van der Waals surface area contributed by atoms with Crippen molar-refractivity contribution in [2.75, 3.05) is 24.6 Å². The first-order chi connectivity index (χ1) is 8.76. The van der Waals surface area contributed by atoms with E-state index in [0.29, 0.717) is 19.1 Å². The van der Waals surface area contributed by atoms with Crippen molar-refractivity contribution < 1.29 is 5.11 Å². The second-order valence-corrected chi connectivity index (χ2v) is 5.25. The summed E-state index contributed by atoms with van der Waals surface area (Å²) in [4.78, 5) is 2.46. The molecule has 1 aromatic carbocycles. The van der Waals surface area contributed by atoms with Gasteiger partial charge in [0.05, 0.1) is 0 Å². The number of piperidine rings is 1. The van der Waals surface area contributed by atoms with Crippen LogP contribution in [-0.4, -0.2) is 24.8 Å². The number of hydrogen-bond donors (Lipinski definition) is 2. The van der Waals surface area contributed by atoms with Crippen LogP contribution in [0.15, 0.2) is 18.2 Å². The van der Waals surface area contributed by atoms with E-state index >= 15 is 0 Å². The molecule has 0 amide bonds. The number of rotatable bonds is 4. The molecule has 3 heteroatoms. The van der Waals surface area contributed by atoms with E-state index in [-0.39, 0.29) is 0 Å². The van der Waals surface area contributed by atoms with Gasteiger partial charge in [-0.25, -0.2) is 0 Å². The maximum absolute atomic E-state index is 9.09. The smallest absolute Gasteiger partial charge is 0.0441 e. The number of benzene rings is 1. The van der Waals surface area contributed by atoms with Crippen molar-refractivity contribution in [3.63, 3.8) is 0 Å². The first-order valence-corrected chi connectivity index (χ1v) is 6.90. The number of nitrogens with two attached hydrogens (primary N) is 1. The van der Waals surface area contributed by atoms with Gasteiger partial charge in [0, 0.05) is 31.9 Å². The molecule has 100 valence electrons. The number of aliphatic hydroxyl groups is 1. The zero-order valence-electron chi connectivity index (χ0n) is 11.2. The summed E-state index contributed by atoms with van der Waals surface area (Å²) in [5.41, 5.74) is 9.72. The van der Waals surface area contributed by atoms with Crippen LogP contribution in [0.4, 0.5) is 5.69 Å². The topological polar surface area (TPSA) is 49.5 Å². The van der Waals surface area contributed by atoms with E-state index in [9.17, 15) is 0 Å². The Hall–Kier alpha value is -1.06. The van der Waals surface area contributed by atoms with Gasteiger partial charge in [-0.3, -0.25) is 0 Å². The molecule has 0 aromatic heterocycles. The van der Waals surface area contributed by atoms with Crippen LogP contribution in [0.1, 0.15) is 30.4 Å². The Kier molecular flexibility index (Phi) is 4.61. The van der Waals surface area contributed by atoms with Crippen LogP contribution in [0.3, 0.4) is 0 Å². The lowest BCUT2D eigenvalue weighted by Crippen LogP contribution is -2.37.